The molecule has 0 saturated carbocycles. The minimum Gasteiger partial charge on any atom is -0.356 e. The summed E-state index contributed by atoms with van der Waals surface area (Å²) in [5.41, 5.74) is 0. The van der Waals surface area contributed by atoms with Crippen LogP contribution in [0.2, 0.25) is 0 Å². The molecule has 8 heteroatoms. The molecule has 1 aliphatic heterocycles. The first kappa shape index (κ1) is 20.5. The van der Waals surface area contributed by atoms with Crippen molar-refractivity contribution in [2.45, 2.75) is 44.8 Å². The number of hydrogen-bond acceptors (Lipinski definition) is 5. The largest absolute Gasteiger partial charge is 0.356 e. The van der Waals surface area contributed by atoms with Crippen molar-refractivity contribution in [3.8, 4) is 0 Å². The van der Waals surface area contributed by atoms with Crippen molar-refractivity contribution < 1.29 is 4.52 Å². The molecule has 1 saturated heterocycles. The average Bonchev–Trinajstić information content (AvgIpc) is 2.91. The molecule has 6 nitrogen and oxygen atoms in total. The predicted molar refractivity (Wildman–Crippen MR) is 107 cm³/mol. The fourth-order valence-corrected chi connectivity index (χ4v) is 3.53. The topological polar surface area (TPSA) is 66.5 Å². The smallest absolute Gasteiger partial charge is 0.228 e. The summed E-state index contributed by atoms with van der Waals surface area (Å²) in [6.07, 6.45) is 0.713. The average molecular weight is 453 g/mol. The lowest BCUT2D eigenvalue weighted by Gasteiger charge is -2.39. The molecular weight excluding hydrogens is 425 g/mol. The van der Waals surface area contributed by atoms with Crippen molar-refractivity contribution in [2.75, 3.05) is 32.4 Å². The standard InChI is InChI=1S/C15H27N5OS.HI/c1-11(2)13-18-12(21-19-13)6-7-17-14(16-5)20-8-9-22-15(3,4)10-20;/h11H,6-10H2,1-5H3,(H,16,17);1H. The van der Waals surface area contributed by atoms with Crippen LogP contribution >= 0.6 is 35.7 Å². The van der Waals surface area contributed by atoms with Gasteiger partial charge in [0.2, 0.25) is 5.89 Å². The summed E-state index contributed by atoms with van der Waals surface area (Å²) >= 11 is 2.02. The molecular formula is C15H28IN5OS. The van der Waals surface area contributed by atoms with Crippen molar-refractivity contribution >= 4 is 41.7 Å². The van der Waals surface area contributed by atoms with E-state index in [9.17, 15) is 0 Å². The van der Waals surface area contributed by atoms with Crippen LogP contribution in [0.15, 0.2) is 9.52 Å². The highest BCUT2D eigenvalue weighted by Gasteiger charge is 2.28. The Morgan fingerprint density at radius 2 is 2.22 bits per heavy atom. The van der Waals surface area contributed by atoms with Gasteiger partial charge in [-0.25, -0.2) is 0 Å². The summed E-state index contributed by atoms with van der Waals surface area (Å²) in [6, 6.07) is 0. The fraction of sp³-hybridized carbons (Fsp3) is 0.800. The number of thioether (sulfide) groups is 1. The lowest BCUT2D eigenvalue weighted by molar-refractivity contribution is 0.363. The van der Waals surface area contributed by atoms with Crippen molar-refractivity contribution in [3.05, 3.63) is 11.7 Å². The molecule has 2 heterocycles. The van der Waals surface area contributed by atoms with E-state index in [0.717, 1.165) is 37.2 Å². The SMILES string of the molecule is CN=C(NCCc1nc(C(C)C)no1)N1CCSC(C)(C)C1.I. The summed E-state index contributed by atoms with van der Waals surface area (Å²) in [7, 11) is 1.83. The van der Waals surface area contributed by atoms with Gasteiger partial charge in [-0.3, -0.25) is 4.99 Å². The third kappa shape index (κ3) is 6.13. The number of guanidine groups is 1. The maximum Gasteiger partial charge on any atom is 0.228 e. The molecule has 2 rings (SSSR count). The molecule has 0 radical (unpaired) electrons. The van der Waals surface area contributed by atoms with E-state index in [1.807, 2.05) is 18.8 Å². The molecule has 0 aliphatic carbocycles. The molecule has 1 aliphatic rings. The van der Waals surface area contributed by atoms with Crippen LogP contribution in [0.1, 0.15) is 45.3 Å². The van der Waals surface area contributed by atoms with Gasteiger partial charge in [-0.1, -0.05) is 19.0 Å². The Hall–Kier alpha value is -0.510. The maximum absolute atomic E-state index is 5.26. The molecule has 0 amide bonds. The van der Waals surface area contributed by atoms with Crippen LogP contribution in [-0.4, -0.2) is 58.2 Å². The van der Waals surface area contributed by atoms with Gasteiger partial charge in [-0.05, 0) is 13.8 Å². The van der Waals surface area contributed by atoms with Crippen molar-refractivity contribution in [1.29, 1.82) is 0 Å². The summed E-state index contributed by atoms with van der Waals surface area (Å²) in [6.45, 7) is 11.5. The highest BCUT2D eigenvalue weighted by atomic mass is 127. The van der Waals surface area contributed by atoms with Gasteiger partial charge in [0, 0.05) is 49.5 Å². The number of aliphatic imine (C=N–C) groups is 1. The summed E-state index contributed by atoms with van der Waals surface area (Å²) in [4.78, 5) is 11.1. The van der Waals surface area contributed by atoms with Crippen molar-refractivity contribution in [1.82, 2.24) is 20.4 Å². The molecule has 0 bridgehead atoms. The van der Waals surface area contributed by atoms with Gasteiger partial charge < -0.3 is 14.7 Å². The van der Waals surface area contributed by atoms with Gasteiger partial charge in [0.25, 0.3) is 0 Å². The number of halogens is 1. The van der Waals surface area contributed by atoms with Gasteiger partial charge >= 0.3 is 0 Å². The van der Waals surface area contributed by atoms with Crippen LogP contribution in [-0.2, 0) is 6.42 Å². The first-order chi connectivity index (χ1) is 10.4. The van der Waals surface area contributed by atoms with Crippen LogP contribution in [0.4, 0.5) is 0 Å². The zero-order valence-electron chi connectivity index (χ0n) is 14.6. The second kappa shape index (κ2) is 9.10. The number of nitrogens with one attached hydrogen (secondary N) is 1. The molecule has 23 heavy (non-hydrogen) atoms. The van der Waals surface area contributed by atoms with E-state index in [2.05, 4.69) is 53.0 Å². The Morgan fingerprint density at radius 3 is 2.78 bits per heavy atom. The molecule has 0 atom stereocenters. The highest BCUT2D eigenvalue weighted by Crippen LogP contribution is 2.29. The Labute approximate surface area is 160 Å². The number of rotatable bonds is 4. The van der Waals surface area contributed by atoms with Gasteiger partial charge in [0.05, 0.1) is 0 Å². The maximum atomic E-state index is 5.26. The van der Waals surface area contributed by atoms with Crippen LogP contribution in [0, 0.1) is 0 Å². The van der Waals surface area contributed by atoms with Crippen molar-refractivity contribution in [2.24, 2.45) is 4.99 Å². The van der Waals surface area contributed by atoms with E-state index < -0.39 is 0 Å². The summed E-state index contributed by atoms with van der Waals surface area (Å²) < 4.78 is 5.53. The number of hydrogen-bond donors (Lipinski definition) is 1. The molecule has 1 aromatic rings. The first-order valence-electron chi connectivity index (χ1n) is 7.83. The van der Waals surface area contributed by atoms with Crippen molar-refractivity contribution in [3.63, 3.8) is 0 Å². The molecule has 1 aromatic heterocycles. The second-order valence-corrected chi connectivity index (χ2v) is 8.26. The first-order valence-corrected chi connectivity index (χ1v) is 8.82. The van der Waals surface area contributed by atoms with Gasteiger partial charge in [-0.2, -0.15) is 16.7 Å². The third-order valence-corrected chi connectivity index (χ3v) is 4.86. The van der Waals surface area contributed by atoms with Crippen LogP contribution in [0.5, 0.6) is 0 Å². The molecule has 1 N–H and O–H groups in total. The number of nitrogens with zero attached hydrogens (tertiary/aromatic N) is 4. The zero-order valence-corrected chi connectivity index (χ0v) is 17.8. The quantitative estimate of drug-likeness (QED) is 0.430. The van der Waals surface area contributed by atoms with Gasteiger partial charge in [0.1, 0.15) is 0 Å². The normalized spacial score (nSPS) is 18.0. The Bertz CT molecular complexity index is 518. The lowest BCUT2D eigenvalue weighted by atomic mass is 10.2. The van der Waals surface area contributed by atoms with Crippen LogP contribution in [0.25, 0.3) is 0 Å². The van der Waals surface area contributed by atoms with E-state index in [0.29, 0.717) is 18.2 Å². The van der Waals surface area contributed by atoms with Gasteiger partial charge in [-0.15, -0.1) is 24.0 Å². The van der Waals surface area contributed by atoms with Gasteiger partial charge in [0.15, 0.2) is 11.8 Å². The molecule has 0 spiro atoms. The monoisotopic (exact) mass is 453 g/mol. The molecule has 1 fully saturated rings. The zero-order chi connectivity index (χ0) is 16.2. The molecule has 0 unspecified atom stereocenters. The van der Waals surface area contributed by atoms with Crippen LogP contribution < -0.4 is 5.32 Å². The van der Waals surface area contributed by atoms with E-state index >= 15 is 0 Å². The molecule has 0 aromatic carbocycles. The Balaban J connectivity index is 0.00000264. The minimum absolute atomic E-state index is 0. The molecule has 132 valence electrons. The lowest BCUT2D eigenvalue weighted by Crippen LogP contribution is -2.51. The van der Waals surface area contributed by atoms with E-state index in [4.69, 9.17) is 4.52 Å². The second-order valence-electron chi connectivity index (χ2n) is 6.45. The predicted octanol–water partition coefficient (Wildman–Crippen LogP) is 2.76. The Morgan fingerprint density at radius 1 is 1.48 bits per heavy atom. The minimum atomic E-state index is 0. The summed E-state index contributed by atoms with van der Waals surface area (Å²) in [5, 5.41) is 7.39. The Kier molecular flexibility index (Phi) is 8.12. The summed E-state index contributed by atoms with van der Waals surface area (Å²) in [5.74, 6) is 3.84. The van der Waals surface area contributed by atoms with Crippen LogP contribution in [0.3, 0.4) is 0 Å². The highest BCUT2D eigenvalue weighted by molar-refractivity contribution is 14.0. The van der Waals surface area contributed by atoms with E-state index in [1.165, 1.54) is 0 Å². The van der Waals surface area contributed by atoms with E-state index in [1.54, 1.807) is 0 Å². The number of aromatic nitrogens is 2. The fourth-order valence-electron chi connectivity index (χ4n) is 2.41. The van der Waals surface area contributed by atoms with E-state index in [-0.39, 0.29) is 28.7 Å². The third-order valence-electron chi connectivity index (χ3n) is 3.56.